The molecule has 114 valence electrons. The largest absolute Gasteiger partial charge is 0.463 e. The third kappa shape index (κ3) is 1.67. The highest BCUT2D eigenvalue weighted by Gasteiger charge is 2.16. The Hall–Kier alpha value is -3.20. The Morgan fingerprint density at radius 3 is 2.29 bits per heavy atom. The van der Waals surface area contributed by atoms with Crippen molar-refractivity contribution < 1.29 is 8.81 Å². The molecule has 2 nitrogen and oxygen atoms in total. The molecule has 0 aliphatic carbocycles. The van der Waals surface area contributed by atoms with E-state index in [1.54, 1.807) is 6.26 Å². The monoisotopic (exact) mass is 314 g/mol. The summed E-state index contributed by atoms with van der Waals surface area (Å²) < 4.78 is 20.5. The van der Waals surface area contributed by atoms with Gasteiger partial charge in [0.05, 0.1) is 11.6 Å². The van der Waals surface area contributed by atoms with Crippen LogP contribution in [0, 0.1) is 5.82 Å². The van der Waals surface area contributed by atoms with E-state index in [-0.39, 0.29) is 5.43 Å². The average Bonchev–Trinajstić information content (AvgIpc) is 2.61. The van der Waals surface area contributed by atoms with Gasteiger partial charge >= 0.3 is 0 Å². The predicted molar refractivity (Wildman–Crippen MR) is 95.0 cm³/mol. The molecule has 0 atom stereocenters. The van der Waals surface area contributed by atoms with Crippen LogP contribution >= 0.6 is 0 Å². The van der Waals surface area contributed by atoms with Gasteiger partial charge in [0.2, 0.25) is 0 Å². The Balaban J connectivity index is 2.26. The fourth-order valence-electron chi connectivity index (χ4n) is 3.54. The summed E-state index contributed by atoms with van der Waals surface area (Å²) in [7, 11) is 0. The van der Waals surface area contributed by atoms with Gasteiger partial charge in [-0.25, -0.2) is 4.39 Å². The molecule has 0 unspecified atom stereocenters. The summed E-state index contributed by atoms with van der Waals surface area (Å²) in [6.07, 6.45) is 1.64. The van der Waals surface area contributed by atoms with Gasteiger partial charge < -0.3 is 4.42 Å². The highest BCUT2D eigenvalue weighted by molar-refractivity contribution is 6.29. The Morgan fingerprint density at radius 1 is 0.750 bits per heavy atom. The fourth-order valence-corrected chi connectivity index (χ4v) is 3.54. The van der Waals surface area contributed by atoms with E-state index >= 15 is 0 Å². The van der Waals surface area contributed by atoms with Crippen LogP contribution in [0.5, 0.6) is 0 Å². The second-order valence-corrected chi connectivity index (χ2v) is 5.90. The van der Waals surface area contributed by atoms with Gasteiger partial charge in [-0.2, -0.15) is 0 Å². The van der Waals surface area contributed by atoms with E-state index in [4.69, 9.17) is 4.42 Å². The molecule has 0 amide bonds. The van der Waals surface area contributed by atoms with Crippen molar-refractivity contribution in [1.82, 2.24) is 0 Å². The van der Waals surface area contributed by atoms with Crippen LogP contribution < -0.4 is 5.43 Å². The molecule has 0 N–H and O–H groups in total. The minimum absolute atomic E-state index is 0.342. The summed E-state index contributed by atoms with van der Waals surface area (Å²) in [6, 6.07) is 18.1. The van der Waals surface area contributed by atoms with Crippen LogP contribution in [0.1, 0.15) is 0 Å². The zero-order chi connectivity index (χ0) is 16.3. The van der Waals surface area contributed by atoms with Gasteiger partial charge in [0, 0.05) is 22.2 Å². The zero-order valence-corrected chi connectivity index (χ0v) is 12.5. The van der Waals surface area contributed by atoms with Crippen molar-refractivity contribution in [2.45, 2.75) is 0 Å². The second kappa shape index (κ2) is 4.65. The van der Waals surface area contributed by atoms with Crippen LogP contribution in [-0.2, 0) is 0 Å². The Labute approximate surface area is 135 Å². The maximum absolute atomic E-state index is 14.6. The van der Waals surface area contributed by atoms with Gasteiger partial charge in [-0.1, -0.05) is 48.5 Å². The van der Waals surface area contributed by atoms with Gasteiger partial charge in [-0.15, -0.1) is 0 Å². The van der Waals surface area contributed by atoms with Crippen molar-refractivity contribution in [3.8, 4) is 0 Å². The van der Waals surface area contributed by atoms with Gasteiger partial charge in [-0.05, 0) is 22.2 Å². The quantitative estimate of drug-likeness (QED) is 0.359. The molecule has 0 spiro atoms. The molecule has 0 radical (unpaired) electrons. The van der Waals surface area contributed by atoms with Crippen LogP contribution in [0.3, 0.4) is 0 Å². The summed E-state index contributed by atoms with van der Waals surface area (Å²) in [6.45, 7) is 0. The lowest BCUT2D eigenvalue weighted by Crippen LogP contribution is -1.99. The second-order valence-electron chi connectivity index (χ2n) is 5.90. The number of hydrogen-bond donors (Lipinski definition) is 0. The molecule has 0 saturated heterocycles. The number of benzene rings is 4. The van der Waals surface area contributed by atoms with Gasteiger partial charge in [0.25, 0.3) is 0 Å². The van der Waals surface area contributed by atoms with Crippen molar-refractivity contribution in [2.75, 3.05) is 0 Å². The Bertz CT molecular complexity index is 1330. The van der Waals surface area contributed by atoms with Crippen molar-refractivity contribution in [1.29, 1.82) is 0 Å². The summed E-state index contributed by atoms with van der Waals surface area (Å²) in [5, 5.41) is 5.57. The minimum atomic E-state index is -0.549. The van der Waals surface area contributed by atoms with E-state index in [2.05, 4.69) is 0 Å². The first-order valence-corrected chi connectivity index (χ1v) is 7.68. The Kier molecular flexibility index (Phi) is 2.57. The van der Waals surface area contributed by atoms with Crippen LogP contribution in [0.4, 0.5) is 4.39 Å². The van der Waals surface area contributed by atoms with E-state index in [9.17, 15) is 9.18 Å². The molecular formula is C21H11FO2. The SMILES string of the molecule is O=c1cc(F)c2c(c1)c1ccccc1c1c3ccccc3coc21. The molecular weight excluding hydrogens is 303 g/mol. The predicted octanol–water partition coefficient (Wildman–Crippen LogP) is 5.39. The van der Waals surface area contributed by atoms with Crippen molar-refractivity contribution >= 4 is 43.3 Å². The lowest BCUT2D eigenvalue weighted by Gasteiger charge is -2.11. The van der Waals surface area contributed by atoms with Crippen LogP contribution in [0.2, 0.25) is 0 Å². The van der Waals surface area contributed by atoms with E-state index in [0.717, 1.165) is 33.0 Å². The summed E-state index contributed by atoms with van der Waals surface area (Å²) in [5.41, 5.74) is 0.130. The van der Waals surface area contributed by atoms with Gasteiger partial charge in [0.1, 0.15) is 11.4 Å². The zero-order valence-electron chi connectivity index (χ0n) is 12.5. The standard InChI is InChI=1S/C21H11FO2/c22-18-10-13(23)9-17-15-7-3-4-8-16(15)19-14-6-2-1-5-12(14)11-24-21(19)20(17)18/h1-11H. The number of rotatable bonds is 0. The van der Waals surface area contributed by atoms with E-state index in [0.29, 0.717) is 16.4 Å². The van der Waals surface area contributed by atoms with Crippen LogP contribution in [-0.4, -0.2) is 0 Å². The van der Waals surface area contributed by atoms with Crippen LogP contribution in [0.15, 0.2) is 76.1 Å². The summed E-state index contributed by atoms with van der Waals surface area (Å²) >= 11 is 0. The van der Waals surface area contributed by atoms with E-state index in [1.165, 1.54) is 6.07 Å². The number of halogens is 1. The van der Waals surface area contributed by atoms with Crippen molar-refractivity contribution in [3.63, 3.8) is 0 Å². The molecule has 0 fully saturated rings. The van der Waals surface area contributed by atoms with Gasteiger partial charge in [-0.3, -0.25) is 4.79 Å². The fraction of sp³-hybridized carbons (Fsp3) is 0. The molecule has 0 aliphatic heterocycles. The van der Waals surface area contributed by atoms with E-state index < -0.39 is 5.82 Å². The smallest absolute Gasteiger partial charge is 0.182 e. The lowest BCUT2D eigenvalue weighted by atomic mass is 9.95. The van der Waals surface area contributed by atoms with Crippen molar-refractivity contribution in [3.05, 3.63) is 83.0 Å². The van der Waals surface area contributed by atoms with E-state index in [1.807, 2.05) is 48.5 Å². The molecule has 3 heteroatoms. The summed E-state index contributed by atoms with van der Waals surface area (Å²) in [4.78, 5) is 11.8. The van der Waals surface area contributed by atoms with Gasteiger partial charge in [0.15, 0.2) is 5.43 Å². The molecule has 24 heavy (non-hydrogen) atoms. The maximum atomic E-state index is 14.6. The first kappa shape index (κ1) is 13.3. The third-order valence-electron chi connectivity index (χ3n) is 4.54. The average molecular weight is 314 g/mol. The maximum Gasteiger partial charge on any atom is 0.182 e. The first-order valence-electron chi connectivity index (χ1n) is 7.68. The summed E-state index contributed by atoms with van der Waals surface area (Å²) in [5.74, 6) is -0.549. The molecule has 5 aromatic rings. The topological polar surface area (TPSA) is 30.2 Å². The van der Waals surface area contributed by atoms with Crippen molar-refractivity contribution in [2.24, 2.45) is 0 Å². The molecule has 1 heterocycles. The number of hydrogen-bond acceptors (Lipinski definition) is 2. The highest BCUT2D eigenvalue weighted by Crippen LogP contribution is 2.38. The Morgan fingerprint density at radius 2 is 1.46 bits per heavy atom. The molecule has 0 aliphatic rings. The van der Waals surface area contributed by atoms with Crippen LogP contribution in [0.25, 0.3) is 43.3 Å². The molecule has 1 aromatic heterocycles. The normalized spacial score (nSPS) is 11.7. The molecule has 0 saturated carbocycles. The molecule has 0 bridgehead atoms. The first-order chi connectivity index (χ1) is 11.7. The lowest BCUT2D eigenvalue weighted by molar-refractivity contribution is 0.606. The minimum Gasteiger partial charge on any atom is -0.463 e. The molecule has 4 aromatic carbocycles. The number of fused-ring (bicyclic) bond motifs is 8. The third-order valence-corrected chi connectivity index (χ3v) is 4.54. The highest BCUT2D eigenvalue weighted by atomic mass is 19.1. The molecule has 5 rings (SSSR count).